The molecule has 6 nitrogen and oxygen atoms in total. The number of aliphatic carboxylic acids is 1. The molecule has 0 heterocycles. The van der Waals surface area contributed by atoms with Crippen LogP contribution >= 0.6 is 0 Å². The Balaban J connectivity index is 2.73. The number of nitro groups is 1. The van der Waals surface area contributed by atoms with Gasteiger partial charge in [0, 0.05) is 6.07 Å². The number of rotatable bonds is 5. The van der Waals surface area contributed by atoms with Gasteiger partial charge in [0.15, 0.2) is 0 Å². The van der Waals surface area contributed by atoms with Gasteiger partial charge >= 0.3 is 5.97 Å². The second-order valence-corrected chi connectivity index (χ2v) is 4.23. The van der Waals surface area contributed by atoms with E-state index in [4.69, 9.17) is 9.84 Å². The molecule has 1 aromatic carbocycles. The van der Waals surface area contributed by atoms with Crippen molar-refractivity contribution in [1.82, 2.24) is 0 Å². The summed E-state index contributed by atoms with van der Waals surface area (Å²) in [7, 11) is 0. The van der Waals surface area contributed by atoms with Crippen LogP contribution in [0, 0.1) is 15.5 Å². The Morgan fingerprint density at radius 3 is 2.71 bits per heavy atom. The summed E-state index contributed by atoms with van der Waals surface area (Å²) in [6.07, 6.45) is 0. The minimum absolute atomic E-state index is 0.0521. The first-order valence-electron chi connectivity index (χ1n) is 4.93. The van der Waals surface area contributed by atoms with Gasteiger partial charge < -0.3 is 9.84 Å². The fourth-order valence-electron chi connectivity index (χ4n) is 1.01. The molecule has 0 spiro atoms. The van der Waals surface area contributed by atoms with E-state index in [1.165, 1.54) is 32.0 Å². The van der Waals surface area contributed by atoms with E-state index in [0.717, 1.165) is 0 Å². The van der Waals surface area contributed by atoms with Crippen LogP contribution in [0.5, 0.6) is 5.75 Å². The monoisotopic (exact) mass is 239 g/mol. The van der Waals surface area contributed by atoms with Gasteiger partial charge in [0.25, 0.3) is 5.69 Å². The summed E-state index contributed by atoms with van der Waals surface area (Å²) in [6.45, 7) is 2.99. The molecule has 1 aromatic rings. The third-order valence-electron chi connectivity index (χ3n) is 2.21. The lowest BCUT2D eigenvalue weighted by Crippen LogP contribution is -2.30. The van der Waals surface area contributed by atoms with E-state index in [1.54, 1.807) is 6.07 Å². The molecule has 1 rings (SSSR count). The fourth-order valence-corrected chi connectivity index (χ4v) is 1.01. The van der Waals surface area contributed by atoms with Crippen LogP contribution in [0.2, 0.25) is 0 Å². The normalized spacial score (nSPS) is 10.9. The van der Waals surface area contributed by atoms with Crippen molar-refractivity contribution in [2.45, 2.75) is 13.8 Å². The van der Waals surface area contributed by atoms with Crippen molar-refractivity contribution < 1.29 is 19.6 Å². The lowest BCUT2D eigenvalue weighted by Gasteiger charge is -2.19. The highest BCUT2D eigenvalue weighted by molar-refractivity contribution is 5.73. The number of benzene rings is 1. The van der Waals surface area contributed by atoms with Crippen LogP contribution in [-0.4, -0.2) is 22.6 Å². The zero-order valence-electron chi connectivity index (χ0n) is 9.54. The van der Waals surface area contributed by atoms with Crippen LogP contribution in [0.4, 0.5) is 5.69 Å². The lowest BCUT2D eigenvalue weighted by molar-refractivity contribution is -0.384. The maximum atomic E-state index is 10.8. The van der Waals surface area contributed by atoms with Crippen LogP contribution in [0.1, 0.15) is 13.8 Å². The molecule has 0 saturated heterocycles. The van der Waals surface area contributed by atoms with Crippen LogP contribution in [0.25, 0.3) is 0 Å². The molecule has 0 aliphatic carbocycles. The molecule has 6 heteroatoms. The molecule has 0 amide bonds. The summed E-state index contributed by atoms with van der Waals surface area (Å²) < 4.78 is 5.24. The molecule has 0 saturated carbocycles. The molecular formula is C11H13NO5. The summed E-state index contributed by atoms with van der Waals surface area (Å²) in [6, 6.07) is 5.64. The maximum absolute atomic E-state index is 10.8. The van der Waals surface area contributed by atoms with E-state index in [-0.39, 0.29) is 18.0 Å². The average Bonchev–Trinajstić information content (AvgIpc) is 2.26. The van der Waals surface area contributed by atoms with E-state index < -0.39 is 16.3 Å². The highest BCUT2D eigenvalue weighted by Crippen LogP contribution is 2.22. The first-order chi connectivity index (χ1) is 7.83. The molecule has 0 aliphatic rings. The first kappa shape index (κ1) is 13.0. The second-order valence-electron chi connectivity index (χ2n) is 4.23. The van der Waals surface area contributed by atoms with Gasteiger partial charge in [0.2, 0.25) is 0 Å². The first-order valence-corrected chi connectivity index (χ1v) is 4.93. The van der Waals surface area contributed by atoms with Gasteiger partial charge in [-0.1, -0.05) is 6.07 Å². The highest BCUT2D eigenvalue weighted by atomic mass is 16.6. The number of hydrogen-bond donors (Lipinski definition) is 1. The quantitative estimate of drug-likeness (QED) is 0.627. The van der Waals surface area contributed by atoms with E-state index in [2.05, 4.69) is 0 Å². The number of carbonyl (C=O) groups is 1. The van der Waals surface area contributed by atoms with Crippen LogP contribution in [0.3, 0.4) is 0 Å². The summed E-state index contributed by atoms with van der Waals surface area (Å²) >= 11 is 0. The zero-order chi connectivity index (χ0) is 13.1. The number of carboxylic acid groups (broad SMARTS) is 1. The Morgan fingerprint density at radius 1 is 1.53 bits per heavy atom. The van der Waals surface area contributed by atoms with E-state index in [9.17, 15) is 14.9 Å². The van der Waals surface area contributed by atoms with Crippen molar-refractivity contribution in [2.24, 2.45) is 5.41 Å². The molecular weight excluding hydrogens is 226 g/mol. The SMILES string of the molecule is CC(C)(COc1cccc([N+](=O)[O-])c1)C(=O)O. The van der Waals surface area contributed by atoms with Crippen molar-refractivity contribution >= 4 is 11.7 Å². The number of non-ortho nitro benzene ring substituents is 1. The van der Waals surface area contributed by atoms with Gasteiger partial charge in [-0.15, -0.1) is 0 Å². The van der Waals surface area contributed by atoms with Crippen LogP contribution < -0.4 is 4.74 Å². The Hall–Kier alpha value is -2.11. The lowest BCUT2D eigenvalue weighted by atomic mass is 9.95. The number of hydrogen-bond acceptors (Lipinski definition) is 4. The van der Waals surface area contributed by atoms with Gasteiger partial charge in [-0.05, 0) is 19.9 Å². The van der Waals surface area contributed by atoms with Gasteiger partial charge in [-0.3, -0.25) is 14.9 Å². The molecule has 1 N–H and O–H groups in total. The molecule has 0 atom stereocenters. The zero-order valence-corrected chi connectivity index (χ0v) is 9.54. The minimum Gasteiger partial charge on any atom is -0.492 e. The molecule has 0 radical (unpaired) electrons. The van der Waals surface area contributed by atoms with Gasteiger partial charge in [-0.2, -0.15) is 0 Å². The maximum Gasteiger partial charge on any atom is 0.312 e. The number of nitro benzene ring substituents is 1. The minimum atomic E-state index is -1.04. The summed E-state index contributed by atoms with van der Waals surface area (Å²) in [5.74, 6) is -0.698. The van der Waals surface area contributed by atoms with Crippen LogP contribution in [0.15, 0.2) is 24.3 Å². The van der Waals surface area contributed by atoms with E-state index in [1.807, 2.05) is 0 Å². The van der Waals surface area contributed by atoms with Crippen molar-refractivity contribution in [3.8, 4) is 5.75 Å². The molecule has 0 fully saturated rings. The number of ether oxygens (including phenoxy) is 1. The third-order valence-corrected chi connectivity index (χ3v) is 2.21. The summed E-state index contributed by atoms with van der Waals surface area (Å²) in [4.78, 5) is 20.8. The Morgan fingerprint density at radius 2 is 2.18 bits per heavy atom. The van der Waals surface area contributed by atoms with Crippen molar-refractivity contribution in [1.29, 1.82) is 0 Å². The highest BCUT2D eigenvalue weighted by Gasteiger charge is 2.28. The third kappa shape index (κ3) is 3.44. The largest absolute Gasteiger partial charge is 0.492 e. The molecule has 17 heavy (non-hydrogen) atoms. The standard InChI is InChI=1S/C11H13NO5/c1-11(2,10(13)14)7-17-9-5-3-4-8(6-9)12(15)16/h3-6H,7H2,1-2H3,(H,13,14). The molecule has 92 valence electrons. The van der Waals surface area contributed by atoms with E-state index >= 15 is 0 Å². The molecule has 0 aliphatic heterocycles. The Labute approximate surface area is 98.0 Å². The summed E-state index contributed by atoms with van der Waals surface area (Å²) in [5.41, 5.74) is -1.12. The van der Waals surface area contributed by atoms with Crippen molar-refractivity contribution in [3.63, 3.8) is 0 Å². The van der Waals surface area contributed by atoms with Gasteiger partial charge in [-0.25, -0.2) is 0 Å². The topological polar surface area (TPSA) is 89.7 Å². The molecule has 0 aromatic heterocycles. The van der Waals surface area contributed by atoms with E-state index in [0.29, 0.717) is 0 Å². The second kappa shape index (κ2) is 4.82. The smallest absolute Gasteiger partial charge is 0.312 e. The Kier molecular flexibility index (Phi) is 3.67. The van der Waals surface area contributed by atoms with Gasteiger partial charge in [0.1, 0.15) is 12.4 Å². The predicted molar refractivity (Wildman–Crippen MR) is 60.0 cm³/mol. The van der Waals surface area contributed by atoms with Gasteiger partial charge in [0.05, 0.1) is 16.4 Å². The number of nitrogens with zero attached hydrogens (tertiary/aromatic N) is 1. The van der Waals surface area contributed by atoms with Crippen molar-refractivity contribution in [3.05, 3.63) is 34.4 Å². The average molecular weight is 239 g/mol. The molecule has 0 unspecified atom stereocenters. The number of carboxylic acids is 1. The van der Waals surface area contributed by atoms with Crippen molar-refractivity contribution in [2.75, 3.05) is 6.61 Å². The molecule has 0 bridgehead atoms. The summed E-state index contributed by atoms with van der Waals surface area (Å²) in [5, 5.41) is 19.4. The predicted octanol–water partition coefficient (Wildman–Crippen LogP) is 2.08. The Bertz CT molecular complexity index is 441. The fraction of sp³-hybridized carbons (Fsp3) is 0.364. The van der Waals surface area contributed by atoms with Crippen LogP contribution in [-0.2, 0) is 4.79 Å².